The Hall–Kier alpha value is -5.25. The van der Waals surface area contributed by atoms with Gasteiger partial charge in [0.15, 0.2) is 0 Å². The van der Waals surface area contributed by atoms with Gasteiger partial charge >= 0.3 is 6.03 Å². The van der Waals surface area contributed by atoms with Gasteiger partial charge < -0.3 is 20.7 Å². The van der Waals surface area contributed by atoms with Crippen molar-refractivity contribution in [2.75, 3.05) is 17.7 Å². The maximum Gasteiger partial charge on any atom is 0.323 e. The quantitative estimate of drug-likeness (QED) is 0.246. The lowest BCUT2D eigenvalue weighted by Gasteiger charge is -2.10. The fraction of sp³-hybridized carbons (Fsp3) is 0.138. The highest BCUT2D eigenvalue weighted by Gasteiger charge is 2.16. The van der Waals surface area contributed by atoms with Gasteiger partial charge in [-0.3, -0.25) is 19.4 Å². The number of aromatic nitrogens is 4. The lowest BCUT2D eigenvalue weighted by Crippen LogP contribution is -2.19. The average molecular weight is 522 g/mol. The Morgan fingerprint density at radius 3 is 2.49 bits per heavy atom. The summed E-state index contributed by atoms with van der Waals surface area (Å²) in [6, 6.07) is 17.8. The Labute approximate surface area is 225 Å². The molecule has 0 spiro atoms. The molecule has 5 aromatic rings. The van der Waals surface area contributed by atoms with Gasteiger partial charge in [-0.1, -0.05) is 12.1 Å². The number of fused-ring (bicyclic) bond motifs is 1. The summed E-state index contributed by atoms with van der Waals surface area (Å²) in [6.45, 7) is 4.06. The molecule has 0 atom stereocenters. The normalized spacial score (nSPS) is 10.9. The summed E-state index contributed by atoms with van der Waals surface area (Å²) in [5, 5.41) is 15.1. The topological polar surface area (TPSA) is 123 Å². The standard InChI is InChI=1S/C29H27N7O3/c1-18(2)36-17-26(27(35-36)20-4-5-21-16-31-12-10-19(21)14-20)34-29(38)33-22-6-8-23(9-7-22)39-24-11-13-32-25(15-24)28(37)30-3/h4-18H,1-3H3,(H,30,37)(H2,33,34,38). The van der Waals surface area contributed by atoms with Gasteiger partial charge in [0.2, 0.25) is 0 Å². The molecule has 0 aliphatic rings. The number of benzene rings is 2. The fourth-order valence-corrected chi connectivity index (χ4v) is 3.95. The molecule has 3 N–H and O–H groups in total. The molecule has 10 heteroatoms. The number of ether oxygens (including phenoxy) is 1. The molecule has 196 valence electrons. The fourth-order valence-electron chi connectivity index (χ4n) is 3.95. The van der Waals surface area contributed by atoms with Crippen LogP contribution in [0.15, 0.2) is 85.5 Å². The van der Waals surface area contributed by atoms with E-state index in [1.165, 1.54) is 13.2 Å². The van der Waals surface area contributed by atoms with E-state index >= 15 is 0 Å². The van der Waals surface area contributed by atoms with Gasteiger partial charge in [0.25, 0.3) is 5.91 Å². The first kappa shape index (κ1) is 25.4. The second kappa shape index (κ2) is 11.0. The summed E-state index contributed by atoms with van der Waals surface area (Å²) in [7, 11) is 1.54. The molecule has 0 unspecified atom stereocenters. The van der Waals surface area contributed by atoms with Crippen LogP contribution in [0.4, 0.5) is 16.2 Å². The second-order valence-corrected chi connectivity index (χ2v) is 9.06. The molecule has 0 saturated carbocycles. The van der Waals surface area contributed by atoms with Crippen molar-refractivity contribution in [2.45, 2.75) is 19.9 Å². The Morgan fingerprint density at radius 1 is 0.897 bits per heavy atom. The predicted octanol–water partition coefficient (Wildman–Crippen LogP) is 5.87. The number of hydrogen-bond donors (Lipinski definition) is 3. The van der Waals surface area contributed by atoms with E-state index in [1.807, 2.05) is 55.2 Å². The maximum absolute atomic E-state index is 12.9. The minimum Gasteiger partial charge on any atom is -0.457 e. The van der Waals surface area contributed by atoms with Crippen LogP contribution in [0.5, 0.6) is 11.5 Å². The third-order valence-corrected chi connectivity index (χ3v) is 5.96. The molecule has 0 aliphatic carbocycles. The summed E-state index contributed by atoms with van der Waals surface area (Å²) >= 11 is 0. The number of hydrogen-bond acceptors (Lipinski definition) is 6. The van der Waals surface area contributed by atoms with E-state index in [0.29, 0.717) is 28.6 Å². The summed E-state index contributed by atoms with van der Waals surface area (Å²) < 4.78 is 7.65. The molecule has 0 aliphatic heterocycles. The van der Waals surface area contributed by atoms with Crippen molar-refractivity contribution >= 4 is 34.1 Å². The molecule has 5 rings (SSSR count). The zero-order valence-corrected chi connectivity index (χ0v) is 21.7. The first-order chi connectivity index (χ1) is 18.9. The van der Waals surface area contributed by atoms with E-state index in [2.05, 4.69) is 25.9 Å². The predicted molar refractivity (Wildman–Crippen MR) is 150 cm³/mol. The van der Waals surface area contributed by atoms with Crippen molar-refractivity contribution in [3.8, 4) is 22.8 Å². The smallest absolute Gasteiger partial charge is 0.323 e. The summed E-state index contributed by atoms with van der Waals surface area (Å²) in [6.07, 6.45) is 6.90. The Kier molecular flexibility index (Phi) is 7.17. The van der Waals surface area contributed by atoms with Crippen LogP contribution in [-0.4, -0.2) is 38.7 Å². The van der Waals surface area contributed by atoms with Crippen LogP contribution >= 0.6 is 0 Å². The first-order valence-electron chi connectivity index (χ1n) is 12.4. The molecule has 0 saturated heterocycles. The molecule has 10 nitrogen and oxygen atoms in total. The van der Waals surface area contributed by atoms with Crippen LogP contribution in [0.25, 0.3) is 22.0 Å². The summed E-state index contributed by atoms with van der Waals surface area (Å²) in [4.78, 5) is 32.9. The third-order valence-electron chi connectivity index (χ3n) is 5.96. The van der Waals surface area contributed by atoms with Crippen molar-refractivity contribution in [1.82, 2.24) is 25.1 Å². The molecular formula is C29H27N7O3. The number of amides is 3. The van der Waals surface area contributed by atoms with E-state index in [1.54, 1.807) is 42.6 Å². The van der Waals surface area contributed by atoms with E-state index in [0.717, 1.165) is 16.3 Å². The van der Waals surface area contributed by atoms with Crippen LogP contribution in [0, 0.1) is 0 Å². The van der Waals surface area contributed by atoms with Crippen molar-refractivity contribution in [3.63, 3.8) is 0 Å². The van der Waals surface area contributed by atoms with Crippen molar-refractivity contribution in [2.24, 2.45) is 0 Å². The molecular weight excluding hydrogens is 494 g/mol. The van der Waals surface area contributed by atoms with Gasteiger partial charge in [-0.15, -0.1) is 0 Å². The lowest BCUT2D eigenvalue weighted by molar-refractivity contribution is 0.0958. The van der Waals surface area contributed by atoms with E-state index in [-0.39, 0.29) is 17.6 Å². The van der Waals surface area contributed by atoms with E-state index < -0.39 is 6.03 Å². The average Bonchev–Trinajstić information content (AvgIpc) is 3.37. The van der Waals surface area contributed by atoms with E-state index in [4.69, 9.17) is 9.84 Å². The molecule has 0 radical (unpaired) electrons. The Bertz CT molecular complexity index is 1640. The number of nitrogens with zero attached hydrogens (tertiary/aromatic N) is 4. The van der Waals surface area contributed by atoms with Gasteiger partial charge in [0.1, 0.15) is 22.9 Å². The van der Waals surface area contributed by atoms with Crippen molar-refractivity contribution in [1.29, 1.82) is 0 Å². The SMILES string of the molecule is CNC(=O)c1cc(Oc2ccc(NC(=O)Nc3cn(C(C)C)nc3-c3ccc4cnccc4c3)cc2)ccn1. The van der Waals surface area contributed by atoms with Gasteiger partial charge in [-0.2, -0.15) is 5.10 Å². The van der Waals surface area contributed by atoms with Crippen LogP contribution in [0.2, 0.25) is 0 Å². The van der Waals surface area contributed by atoms with Crippen LogP contribution < -0.4 is 20.7 Å². The van der Waals surface area contributed by atoms with Crippen LogP contribution in [0.3, 0.4) is 0 Å². The summed E-state index contributed by atoms with van der Waals surface area (Å²) in [5.74, 6) is 0.717. The number of carbonyl (C=O) groups excluding carboxylic acids is 2. The molecule has 3 amide bonds. The number of nitrogens with one attached hydrogen (secondary N) is 3. The highest BCUT2D eigenvalue weighted by Crippen LogP contribution is 2.30. The highest BCUT2D eigenvalue weighted by atomic mass is 16.5. The molecule has 3 aromatic heterocycles. The van der Waals surface area contributed by atoms with Gasteiger partial charge in [0, 0.05) is 60.6 Å². The molecule has 39 heavy (non-hydrogen) atoms. The first-order valence-corrected chi connectivity index (χ1v) is 12.4. The van der Waals surface area contributed by atoms with Gasteiger partial charge in [-0.25, -0.2) is 4.79 Å². The van der Waals surface area contributed by atoms with Crippen molar-refractivity contribution < 1.29 is 14.3 Å². The lowest BCUT2D eigenvalue weighted by atomic mass is 10.1. The minimum absolute atomic E-state index is 0.118. The van der Waals surface area contributed by atoms with Crippen LogP contribution in [0.1, 0.15) is 30.4 Å². The number of pyridine rings is 2. The van der Waals surface area contributed by atoms with Crippen molar-refractivity contribution in [3.05, 3.63) is 91.1 Å². The Balaban J connectivity index is 1.29. The van der Waals surface area contributed by atoms with E-state index in [9.17, 15) is 9.59 Å². The van der Waals surface area contributed by atoms with Gasteiger partial charge in [0.05, 0.1) is 5.69 Å². The van der Waals surface area contributed by atoms with Crippen LogP contribution in [-0.2, 0) is 0 Å². The van der Waals surface area contributed by atoms with Gasteiger partial charge in [-0.05, 0) is 61.7 Å². The molecule has 2 aromatic carbocycles. The number of rotatable bonds is 7. The minimum atomic E-state index is -0.400. The maximum atomic E-state index is 12.9. The summed E-state index contributed by atoms with van der Waals surface area (Å²) in [5.41, 5.74) is 3.00. The molecule has 0 fully saturated rings. The Morgan fingerprint density at radius 2 is 1.72 bits per heavy atom. The number of urea groups is 1. The number of anilines is 2. The second-order valence-electron chi connectivity index (χ2n) is 9.06. The largest absolute Gasteiger partial charge is 0.457 e. The number of carbonyl (C=O) groups is 2. The highest BCUT2D eigenvalue weighted by molar-refractivity contribution is 6.02. The molecule has 3 heterocycles. The zero-order valence-electron chi connectivity index (χ0n) is 21.7. The third kappa shape index (κ3) is 5.85. The monoisotopic (exact) mass is 521 g/mol. The molecule has 0 bridgehead atoms. The zero-order chi connectivity index (χ0) is 27.4.